The molecular weight excluding hydrogens is 376 g/mol. The van der Waals surface area contributed by atoms with Gasteiger partial charge in [0.25, 0.3) is 11.6 Å². The number of pyridine rings is 1. The SMILES string of the molecule is Cc1cc(C)c(C(=O)OCC(=O)Nc2ccc([N+](=O)[O-])cc2C#N)c(Cl)n1. The number of anilines is 1. The maximum Gasteiger partial charge on any atom is 0.342 e. The maximum atomic E-state index is 12.1. The molecule has 1 amide bonds. The van der Waals surface area contributed by atoms with Crippen LogP contribution in [0.25, 0.3) is 0 Å². The fourth-order valence-corrected chi connectivity index (χ4v) is 2.63. The number of hydrogen-bond donors (Lipinski definition) is 1. The minimum absolute atomic E-state index is 0.0277. The van der Waals surface area contributed by atoms with E-state index in [1.807, 2.05) is 0 Å². The van der Waals surface area contributed by atoms with E-state index < -0.39 is 23.4 Å². The number of hydrogen-bond acceptors (Lipinski definition) is 7. The number of ether oxygens (including phenoxy) is 1. The molecule has 1 N–H and O–H groups in total. The molecule has 0 fully saturated rings. The third-order valence-corrected chi connectivity index (χ3v) is 3.72. The highest BCUT2D eigenvalue weighted by molar-refractivity contribution is 6.32. The highest BCUT2D eigenvalue weighted by Gasteiger charge is 2.19. The second kappa shape index (κ2) is 8.25. The van der Waals surface area contributed by atoms with E-state index in [9.17, 15) is 19.7 Å². The molecule has 9 nitrogen and oxygen atoms in total. The number of carbonyl (C=O) groups excluding carboxylic acids is 2. The van der Waals surface area contributed by atoms with E-state index in [1.54, 1.807) is 26.0 Å². The van der Waals surface area contributed by atoms with Gasteiger partial charge in [-0.2, -0.15) is 5.26 Å². The first-order valence-corrected chi connectivity index (χ1v) is 7.90. The van der Waals surface area contributed by atoms with E-state index >= 15 is 0 Å². The number of aryl methyl sites for hydroxylation is 2. The fourth-order valence-electron chi connectivity index (χ4n) is 2.27. The molecule has 27 heavy (non-hydrogen) atoms. The van der Waals surface area contributed by atoms with Crippen LogP contribution in [0.5, 0.6) is 0 Å². The first kappa shape index (κ1) is 19.8. The summed E-state index contributed by atoms with van der Waals surface area (Å²) in [4.78, 5) is 38.2. The molecular formula is C17H13ClN4O5. The van der Waals surface area contributed by atoms with E-state index in [4.69, 9.17) is 21.6 Å². The van der Waals surface area contributed by atoms with Crippen LogP contribution in [-0.2, 0) is 9.53 Å². The summed E-state index contributed by atoms with van der Waals surface area (Å²) in [6.45, 7) is 2.75. The van der Waals surface area contributed by atoms with Crippen molar-refractivity contribution in [2.75, 3.05) is 11.9 Å². The van der Waals surface area contributed by atoms with Gasteiger partial charge in [-0.05, 0) is 31.5 Å². The van der Waals surface area contributed by atoms with Crippen LogP contribution in [-0.4, -0.2) is 28.4 Å². The molecule has 0 saturated heterocycles. The van der Waals surface area contributed by atoms with Gasteiger partial charge < -0.3 is 10.1 Å². The molecule has 0 atom stereocenters. The minimum atomic E-state index is -0.815. The normalized spacial score (nSPS) is 10.0. The zero-order chi connectivity index (χ0) is 20.1. The Hall–Kier alpha value is -3.51. The molecule has 138 valence electrons. The highest BCUT2D eigenvalue weighted by atomic mass is 35.5. The Morgan fingerprint density at radius 2 is 2.07 bits per heavy atom. The van der Waals surface area contributed by atoms with Crippen LogP contribution >= 0.6 is 11.6 Å². The number of nitro benzene ring substituents is 1. The number of esters is 1. The van der Waals surface area contributed by atoms with Gasteiger partial charge >= 0.3 is 5.97 Å². The lowest BCUT2D eigenvalue weighted by Gasteiger charge is -2.10. The van der Waals surface area contributed by atoms with Crippen molar-refractivity contribution in [3.8, 4) is 6.07 Å². The zero-order valence-electron chi connectivity index (χ0n) is 14.3. The van der Waals surface area contributed by atoms with Crippen LogP contribution in [0.3, 0.4) is 0 Å². The van der Waals surface area contributed by atoms with Crippen LogP contribution < -0.4 is 5.32 Å². The Balaban J connectivity index is 2.06. The molecule has 0 aliphatic rings. The van der Waals surface area contributed by atoms with Crippen LogP contribution in [0.1, 0.15) is 27.2 Å². The summed E-state index contributed by atoms with van der Waals surface area (Å²) >= 11 is 5.95. The lowest BCUT2D eigenvalue weighted by molar-refractivity contribution is -0.384. The lowest BCUT2D eigenvalue weighted by atomic mass is 10.1. The van der Waals surface area contributed by atoms with E-state index in [-0.39, 0.29) is 27.7 Å². The summed E-state index contributed by atoms with van der Waals surface area (Å²) < 4.78 is 4.93. The van der Waals surface area contributed by atoms with Crippen molar-refractivity contribution in [3.05, 3.63) is 61.9 Å². The molecule has 0 aliphatic heterocycles. The van der Waals surface area contributed by atoms with Crippen LogP contribution in [0.2, 0.25) is 5.15 Å². The predicted molar refractivity (Wildman–Crippen MR) is 95.4 cm³/mol. The second-order valence-electron chi connectivity index (χ2n) is 5.47. The van der Waals surface area contributed by atoms with Crippen molar-refractivity contribution in [2.45, 2.75) is 13.8 Å². The fraction of sp³-hybridized carbons (Fsp3) is 0.176. The summed E-state index contributed by atoms with van der Waals surface area (Å²) in [5.41, 5.74) is 0.936. The topological polar surface area (TPSA) is 135 Å². The Labute approximate surface area is 158 Å². The van der Waals surface area contributed by atoms with Crippen molar-refractivity contribution >= 4 is 34.9 Å². The molecule has 1 aromatic carbocycles. The highest BCUT2D eigenvalue weighted by Crippen LogP contribution is 2.22. The predicted octanol–water partition coefficient (Wildman–Crippen LogP) is 2.93. The van der Waals surface area contributed by atoms with Gasteiger partial charge in [0, 0.05) is 17.8 Å². The number of nitrogens with one attached hydrogen (secondary N) is 1. The summed E-state index contributed by atoms with van der Waals surface area (Å²) in [6, 6.07) is 6.80. The summed E-state index contributed by atoms with van der Waals surface area (Å²) in [7, 11) is 0. The van der Waals surface area contributed by atoms with Crippen molar-refractivity contribution in [1.82, 2.24) is 4.98 Å². The average molecular weight is 389 g/mol. The maximum absolute atomic E-state index is 12.1. The number of nitrogens with zero attached hydrogens (tertiary/aromatic N) is 3. The van der Waals surface area contributed by atoms with E-state index in [1.165, 1.54) is 6.07 Å². The van der Waals surface area contributed by atoms with Gasteiger partial charge in [0.15, 0.2) is 6.61 Å². The number of carbonyl (C=O) groups is 2. The van der Waals surface area contributed by atoms with Gasteiger partial charge in [-0.3, -0.25) is 14.9 Å². The Kier molecular flexibility index (Phi) is 6.05. The number of nitriles is 1. The van der Waals surface area contributed by atoms with Crippen LogP contribution in [0, 0.1) is 35.3 Å². The van der Waals surface area contributed by atoms with E-state index in [0.29, 0.717) is 11.3 Å². The Morgan fingerprint density at radius 3 is 2.67 bits per heavy atom. The molecule has 10 heteroatoms. The molecule has 0 aliphatic carbocycles. The largest absolute Gasteiger partial charge is 0.452 e. The number of nitro groups is 1. The quantitative estimate of drug-likeness (QED) is 0.360. The van der Waals surface area contributed by atoms with Crippen molar-refractivity contribution in [2.24, 2.45) is 0 Å². The van der Waals surface area contributed by atoms with Crippen molar-refractivity contribution in [1.29, 1.82) is 5.26 Å². The minimum Gasteiger partial charge on any atom is -0.452 e. The van der Waals surface area contributed by atoms with Gasteiger partial charge in [0.05, 0.1) is 21.7 Å². The molecule has 0 bridgehead atoms. The summed E-state index contributed by atoms with van der Waals surface area (Å²) in [5, 5.41) is 22.1. The zero-order valence-corrected chi connectivity index (χ0v) is 15.0. The molecule has 2 aromatic rings. The van der Waals surface area contributed by atoms with Gasteiger partial charge in [-0.25, -0.2) is 9.78 Å². The molecule has 0 radical (unpaired) electrons. The summed E-state index contributed by atoms with van der Waals surface area (Å²) in [6.07, 6.45) is 0. The third kappa shape index (κ3) is 4.77. The van der Waals surface area contributed by atoms with Crippen molar-refractivity contribution in [3.63, 3.8) is 0 Å². The van der Waals surface area contributed by atoms with Gasteiger partial charge in [-0.15, -0.1) is 0 Å². The molecule has 0 saturated carbocycles. The van der Waals surface area contributed by atoms with E-state index in [0.717, 1.165) is 12.1 Å². The monoisotopic (exact) mass is 388 g/mol. The van der Waals surface area contributed by atoms with Gasteiger partial charge in [0.1, 0.15) is 11.2 Å². The third-order valence-electron chi connectivity index (χ3n) is 3.45. The van der Waals surface area contributed by atoms with Crippen LogP contribution in [0.4, 0.5) is 11.4 Å². The van der Waals surface area contributed by atoms with E-state index in [2.05, 4.69) is 10.3 Å². The first-order chi connectivity index (χ1) is 12.7. The number of non-ortho nitro benzene ring substituents is 1. The number of benzene rings is 1. The lowest BCUT2D eigenvalue weighted by Crippen LogP contribution is -2.22. The van der Waals surface area contributed by atoms with Crippen LogP contribution in [0.15, 0.2) is 24.3 Å². The number of halogens is 1. The average Bonchev–Trinajstić information content (AvgIpc) is 2.59. The number of rotatable bonds is 5. The second-order valence-corrected chi connectivity index (χ2v) is 5.83. The first-order valence-electron chi connectivity index (χ1n) is 7.52. The standard InChI is InChI=1S/C17H13ClN4O5/c1-9-5-10(2)20-16(18)15(9)17(24)27-8-14(23)21-13-4-3-12(22(25)26)6-11(13)7-19/h3-6H,8H2,1-2H3,(H,21,23). The Bertz CT molecular complexity index is 961. The smallest absolute Gasteiger partial charge is 0.342 e. The van der Waals surface area contributed by atoms with Crippen molar-refractivity contribution < 1.29 is 19.2 Å². The van der Waals surface area contributed by atoms with Gasteiger partial charge in [0.2, 0.25) is 0 Å². The molecule has 2 rings (SSSR count). The molecule has 0 spiro atoms. The molecule has 0 unspecified atom stereocenters. The number of amides is 1. The molecule has 1 aromatic heterocycles. The van der Waals surface area contributed by atoms with Gasteiger partial charge in [-0.1, -0.05) is 11.6 Å². The summed E-state index contributed by atoms with van der Waals surface area (Å²) in [5.74, 6) is -1.54. The Morgan fingerprint density at radius 1 is 1.37 bits per heavy atom. The number of aromatic nitrogens is 1. The molecule has 1 heterocycles.